The van der Waals surface area contributed by atoms with Gasteiger partial charge in [-0.15, -0.1) is 10.2 Å². The van der Waals surface area contributed by atoms with E-state index in [9.17, 15) is 9.90 Å². The predicted molar refractivity (Wildman–Crippen MR) is 126 cm³/mol. The Labute approximate surface area is 190 Å². The number of amides is 1. The summed E-state index contributed by atoms with van der Waals surface area (Å²) < 4.78 is 0. The largest absolute Gasteiger partial charge is 0.505 e. The maximum Gasteiger partial charge on any atom is 0.259 e. The fraction of sp³-hybridized carbons (Fsp3) is 0.160. The van der Waals surface area contributed by atoms with Crippen LogP contribution < -0.4 is 5.32 Å². The lowest BCUT2D eigenvalue weighted by atomic mass is 9.87. The number of rotatable bonds is 4. The number of nitrogens with one attached hydrogen (secondary N) is 2. The van der Waals surface area contributed by atoms with Crippen molar-refractivity contribution in [2.24, 2.45) is 10.2 Å². The van der Waals surface area contributed by atoms with Crippen molar-refractivity contribution in [3.8, 4) is 11.8 Å². The minimum atomic E-state index is -0.475. The molecule has 0 saturated carbocycles. The van der Waals surface area contributed by atoms with Crippen LogP contribution in [0.15, 0.2) is 71.0 Å². The molecule has 0 radical (unpaired) electrons. The SMILES string of the molecule is CC(C)(C)c1ccc(NC(=O)c2cc3ccccc3c(N=Nc3[nH]ncc3C#N)c2O)cc1. The summed E-state index contributed by atoms with van der Waals surface area (Å²) >= 11 is 0. The minimum Gasteiger partial charge on any atom is -0.505 e. The molecule has 33 heavy (non-hydrogen) atoms. The smallest absolute Gasteiger partial charge is 0.259 e. The lowest BCUT2D eigenvalue weighted by molar-refractivity contribution is 0.102. The molecular weight excluding hydrogens is 416 g/mol. The van der Waals surface area contributed by atoms with Crippen LogP contribution in [0.25, 0.3) is 10.8 Å². The molecule has 0 saturated heterocycles. The van der Waals surface area contributed by atoms with Crippen LogP contribution in [0.4, 0.5) is 17.2 Å². The molecule has 0 aliphatic rings. The van der Waals surface area contributed by atoms with Gasteiger partial charge in [0.1, 0.15) is 17.3 Å². The molecule has 0 spiro atoms. The average molecular weight is 438 g/mol. The van der Waals surface area contributed by atoms with Gasteiger partial charge in [-0.05, 0) is 34.6 Å². The zero-order valence-electron chi connectivity index (χ0n) is 18.4. The van der Waals surface area contributed by atoms with Gasteiger partial charge in [0.2, 0.25) is 0 Å². The second-order valence-electron chi connectivity index (χ2n) is 8.57. The van der Waals surface area contributed by atoms with Gasteiger partial charge >= 0.3 is 0 Å². The van der Waals surface area contributed by atoms with E-state index < -0.39 is 5.91 Å². The zero-order chi connectivity index (χ0) is 23.6. The number of anilines is 1. The number of nitriles is 1. The number of azo groups is 1. The number of phenolic OH excluding ortho intramolecular Hbond substituents is 1. The van der Waals surface area contributed by atoms with Crippen LogP contribution in [0.3, 0.4) is 0 Å². The number of phenols is 1. The molecule has 4 aromatic rings. The van der Waals surface area contributed by atoms with E-state index in [1.54, 1.807) is 18.2 Å². The van der Waals surface area contributed by atoms with Crippen molar-refractivity contribution >= 4 is 33.9 Å². The van der Waals surface area contributed by atoms with Gasteiger partial charge in [-0.3, -0.25) is 9.89 Å². The number of aromatic nitrogens is 2. The molecule has 3 aromatic carbocycles. The Morgan fingerprint density at radius 3 is 2.55 bits per heavy atom. The molecule has 8 heteroatoms. The molecule has 1 aromatic heterocycles. The second kappa shape index (κ2) is 8.55. The predicted octanol–water partition coefficient (Wildman–Crippen LogP) is 6.11. The number of hydrogen-bond donors (Lipinski definition) is 3. The Morgan fingerprint density at radius 1 is 1.12 bits per heavy atom. The number of benzene rings is 3. The third-order valence-electron chi connectivity index (χ3n) is 5.24. The first-order valence-electron chi connectivity index (χ1n) is 10.3. The number of hydrogen-bond acceptors (Lipinski definition) is 6. The van der Waals surface area contributed by atoms with Crippen molar-refractivity contribution in [1.29, 1.82) is 5.26 Å². The summed E-state index contributed by atoms with van der Waals surface area (Å²) in [5.41, 5.74) is 2.16. The summed E-state index contributed by atoms with van der Waals surface area (Å²) in [6.07, 6.45) is 1.33. The van der Waals surface area contributed by atoms with E-state index in [0.29, 0.717) is 16.5 Å². The van der Waals surface area contributed by atoms with E-state index >= 15 is 0 Å². The van der Waals surface area contributed by atoms with Gasteiger partial charge in [0, 0.05) is 11.1 Å². The molecule has 4 rings (SSSR count). The molecule has 0 aliphatic heterocycles. The zero-order valence-corrected chi connectivity index (χ0v) is 18.4. The molecular formula is C25H22N6O2. The van der Waals surface area contributed by atoms with Gasteiger partial charge < -0.3 is 10.4 Å². The molecule has 164 valence electrons. The number of carbonyl (C=O) groups is 1. The normalized spacial score (nSPS) is 11.6. The number of nitrogens with zero attached hydrogens (tertiary/aromatic N) is 4. The van der Waals surface area contributed by atoms with Crippen molar-refractivity contribution in [3.05, 3.63) is 77.5 Å². The summed E-state index contributed by atoms with van der Waals surface area (Å²) in [6, 6.07) is 18.4. The van der Waals surface area contributed by atoms with Gasteiger partial charge in [-0.1, -0.05) is 57.2 Å². The monoisotopic (exact) mass is 438 g/mol. The van der Waals surface area contributed by atoms with Gasteiger partial charge in [0.15, 0.2) is 11.6 Å². The van der Waals surface area contributed by atoms with E-state index in [1.165, 1.54) is 6.20 Å². The van der Waals surface area contributed by atoms with Crippen LogP contribution in [-0.2, 0) is 5.41 Å². The Balaban J connectivity index is 1.72. The van der Waals surface area contributed by atoms with Crippen LogP contribution in [0, 0.1) is 11.3 Å². The number of fused-ring (bicyclic) bond motifs is 1. The van der Waals surface area contributed by atoms with Crippen molar-refractivity contribution in [2.75, 3.05) is 5.32 Å². The molecule has 0 bridgehead atoms. The van der Waals surface area contributed by atoms with Crippen LogP contribution in [0.5, 0.6) is 5.75 Å². The summed E-state index contributed by atoms with van der Waals surface area (Å²) in [5.74, 6) is -0.619. The fourth-order valence-electron chi connectivity index (χ4n) is 3.38. The lowest BCUT2D eigenvalue weighted by Crippen LogP contribution is -2.14. The first-order valence-corrected chi connectivity index (χ1v) is 10.3. The average Bonchev–Trinajstić information content (AvgIpc) is 3.25. The third-order valence-corrected chi connectivity index (χ3v) is 5.24. The maximum atomic E-state index is 13.0. The topological polar surface area (TPSA) is 127 Å². The second-order valence-corrected chi connectivity index (χ2v) is 8.57. The van der Waals surface area contributed by atoms with E-state index in [4.69, 9.17) is 5.26 Å². The summed E-state index contributed by atoms with van der Waals surface area (Å²) in [5, 5.41) is 38.8. The van der Waals surface area contributed by atoms with Crippen molar-refractivity contribution < 1.29 is 9.90 Å². The highest BCUT2D eigenvalue weighted by molar-refractivity contribution is 6.11. The summed E-state index contributed by atoms with van der Waals surface area (Å²) in [6.45, 7) is 6.35. The molecule has 0 unspecified atom stereocenters. The fourth-order valence-corrected chi connectivity index (χ4v) is 3.38. The quantitative estimate of drug-likeness (QED) is 0.332. The molecule has 0 fully saturated rings. The highest BCUT2D eigenvalue weighted by Gasteiger charge is 2.19. The lowest BCUT2D eigenvalue weighted by Gasteiger charge is -2.19. The van der Waals surface area contributed by atoms with Crippen molar-refractivity contribution in [1.82, 2.24) is 10.2 Å². The van der Waals surface area contributed by atoms with Gasteiger partial charge in [0.05, 0.1) is 11.8 Å². The first kappa shape index (κ1) is 21.7. The number of aromatic hydroxyl groups is 1. The highest BCUT2D eigenvalue weighted by atomic mass is 16.3. The third kappa shape index (κ3) is 4.43. The number of carbonyl (C=O) groups excluding carboxylic acids is 1. The standard InChI is InChI=1S/C25H22N6O2/c1-25(2,3)17-8-10-18(11-9-17)28-24(33)20-12-15-6-4-5-7-19(15)21(22(20)32)29-31-23-16(13-26)14-27-30-23/h4-12,14,32H,1-3H3,(H,27,30)(H,28,33). The van der Waals surface area contributed by atoms with Crippen LogP contribution >= 0.6 is 0 Å². The van der Waals surface area contributed by atoms with Gasteiger partial charge in [-0.2, -0.15) is 10.4 Å². The van der Waals surface area contributed by atoms with E-state index in [1.807, 2.05) is 42.5 Å². The molecule has 3 N–H and O–H groups in total. The van der Waals surface area contributed by atoms with Crippen LogP contribution in [0.2, 0.25) is 0 Å². The Morgan fingerprint density at radius 2 is 1.85 bits per heavy atom. The Hall–Kier alpha value is -4.51. The van der Waals surface area contributed by atoms with Crippen molar-refractivity contribution in [3.63, 3.8) is 0 Å². The molecule has 1 amide bonds. The molecule has 0 atom stereocenters. The molecule has 0 aliphatic carbocycles. The van der Waals surface area contributed by atoms with Gasteiger partial charge in [-0.25, -0.2) is 0 Å². The summed E-state index contributed by atoms with van der Waals surface area (Å²) in [4.78, 5) is 13.0. The van der Waals surface area contributed by atoms with E-state index in [2.05, 4.69) is 46.5 Å². The van der Waals surface area contributed by atoms with Gasteiger partial charge in [0.25, 0.3) is 5.91 Å². The first-order chi connectivity index (χ1) is 15.8. The van der Waals surface area contributed by atoms with Crippen LogP contribution in [-0.4, -0.2) is 21.2 Å². The highest BCUT2D eigenvalue weighted by Crippen LogP contribution is 2.39. The molecule has 8 nitrogen and oxygen atoms in total. The summed E-state index contributed by atoms with van der Waals surface area (Å²) in [7, 11) is 0. The van der Waals surface area contributed by atoms with E-state index in [-0.39, 0.29) is 33.8 Å². The Kier molecular flexibility index (Phi) is 5.63. The van der Waals surface area contributed by atoms with Crippen molar-refractivity contribution in [2.45, 2.75) is 26.2 Å². The maximum absolute atomic E-state index is 13.0. The van der Waals surface area contributed by atoms with Crippen LogP contribution in [0.1, 0.15) is 42.3 Å². The van der Waals surface area contributed by atoms with E-state index in [0.717, 1.165) is 5.56 Å². The minimum absolute atomic E-state index is 0.000869. The number of H-pyrrole nitrogens is 1. The Bertz CT molecular complexity index is 1410. The number of aromatic amines is 1. The molecule has 1 heterocycles.